The number of aryl methyl sites for hydroxylation is 1. The second-order valence-electron chi connectivity index (χ2n) is 9.23. The van der Waals surface area contributed by atoms with Gasteiger partial charge in [0.2, 0.25) is 5.78 Å². The number of carbonyl (C=O) groups is 1. The molecule has 0 amide bonds. The standard InChI is InChI=1S/C26H28N2O3/c1-16-10-17(2)13-28(12-16)15-21-23(29)9-8-20-25(30)24(31-26(20)21)11-18-14-27(3)22-7-5-4-6-19(18)22/h4-9,11,14,16-17,29H,10,12-13,15H2,1-3H3/b24-11-. The monoisotopic (exact) mass is 416 g/mol. The molecule has 5 heteroatoms. The number of likely N-dealkylation sites (tertiary alicyclic amines) is 1. The van der Waals surface area contributed by atoms with Crippen LogP contribution in [0.4, 0.5) is 0 Å². The molecule has 0 aliphatic carbocycles. The molecule has 2 aromatic carbocycles. The van der Waals surface area contributed by atoms with Crippen molar-refractivity contribution in [2.75, 3.05) is 13.1 Å². The van der Waals surface area contributed by atoms with Crippen LogP contribution in [-0.4, -0.2) is 33.4 Å². The van der Waals surface area contributed by atoms with Crippen molar-refractivity contribution in [1.29, 1.82) is 0 Å². The van der Waals surface area contributed by atoms with Crippen LogP contribution in [0.25, 0.3) is 17.0 Å². The van der Waals surface area contributed by atoms with Gasteiger partial charge in [0, 0.05) is 49.3 Å². The maximum absolute atomic E-state index is 13.1. The summed E-state index contributed by atoms with van der Waals surface area (Å²) in [6.07, 6.45) is 5.05. The Hall–Kier alpha value is -3.05. The zero-order chi connectivity index (χ0) is 21.7. The molecule has 5 nitrogen and oxygen atoms in total. The molecule has 1 N–H and O–H groups in total. The largest absolute Gasteiger partial charge is 0.507 e. The molecule has 160 valence electrons. The van der Waals surface area contributed by atoms with Gasteiger partial charge < -0.3 is 14.4 Å². The van der Waals surface area contributed by atoms with Gasteiger partial charge in [-0.25, -0.2) is 0 Å². The highest BCUT2D eigenvalue weighted by molar-refractivity contribution is 6.15. The number of Topliss-reactive ketones (excluding diaryl/α,β-unsaturated/α-hetero) is 1. The van der Waals surface area contributed by atoms with E-state index in [0.29, 0.717) is 41.0 Å². The molecule has 0 bridgehead atoms. The van der Waals surface area contributed by atoms with Crippen molar-refractivity contribution >= 4 is 22.8 Å². The van der Waals surface area contributed by atoms with E-state index in [-0.39, 0.29) is 11.5 Å². The van der Waals surface area contributed by atoms with Crippen LogP contribution >= 0.6 is 0 Å². The number of nitrogens with zero attached hydrogens (tertiary/aromatic N) is 2. The topological polar surface area (TPSA) is 54.7 Å². The third-order valence-corrected chi connectivity index (χ3v) is 6.46. The number of hydrogen-bond donors (Lipinski definition) is 1. The Bertz CT molecular complexity index is 1200. The minimum absolute atomic E-state index is 0.135. The summed E-state index contributed by atoms with van der Waals surface area (Å²) in [4.78, 5) is 15.5. The number of aromatic hydroxyl groups is 1. The van der Waals surface area contributed by atoms with E-state index < -0.39 is 0 Å². The summed E-state index contributed by atoms with van der Waals surface area (Å²) in [7, 11) is 1.99. The van der Waals surface area contributed by atoms with Gasteiger partial charge in [-0.15, -0.1) is 0 Å². The third-order valence-electron chi connectivity index (χ3n) is 6.46. The molecule has 0 radical (unpaired) electrons. The fourth-order valence-corrected chi connectivity index (χ4v) is 5.22. The Morgan fingerprint density at radius 3 is 2.65 bits per heavy atom. The number of ether oxygens (including phenoxy) is 1. The Morgan fingerprint density at radius 1 is 1.13 bits per heavy atom. The summed E-state index contributed by atoms with van der Waals surface area (Å²) in [6, 6.07) is 11.4. The van der Waals surface area contributed by atoms with Gasteiger partial charge in [-0.3, -0.25) is 9.69 Å². The van der Waals surface area contributed by atoms with E-state index in [1.165, 1.54) is 6.42 Å². The summed E-state index contributed by atoms with van der Waals surface area (Å²) in [5.41, 5.74) is 3.27. The van der Waals surface area contributed by atoms with Crippen molar-refractivity contribution in [3.05, 3.63) is 65.0 Å². The molecule has 2 unspecified atom stereocenters. The first-order valence-electron chi connectivity index (χ1n) is 11.0. The summed E-state index contributed by atoms with van der Waals surface area (Å²) in [5, 5.41) is 11.7. The van der Waals surface area contributed by atoms with Crippen molar-refractivity contribution in [3.63, 3.8) is 0 Å². The van der Waals surface area contributed by atoms with Crippen LogP contribution in [0.15, 0.2) is 48.4 Å². The number of phenolic OH excluding ortho intramolecular Hbond substituents is 1. The smallest absolute Gasteiger partial charge is 0.231 e. The zero-order valence-corrected chi connectivity index (χ0v) is 18.3. The molecule has 3 aromatic rings. The minimum atomic E-state index is -0.135. The number of para-hydroxylation sites is 1. The van der Waals surface area contributed by atoms with E-state index >= 15 is 0 Å². The van der Waals surface area contributed by atoms with Crippen molar-refractivity contribution in [2.24, 2.45) is 18.9 Å². The molecular formula is C26H28N2O3. The normalized spacial score (nSPS) is 22.8. The van der Waals surface area contributed by atoms with Gasteiger partial charge in [0.1, 0.15) is 11.5 Å². The Kier molecular flexibility index (Phi) is 4.86. The zero-order valence-electron chi connectivity index (χ0n) is 18.3. The molecule has 1 aromatic heterocycles. The highest BCUT2D eigenvalue weighted by atomic mass is 16.5. The van der Waals surface area contributed by atoms with Gasteiger partial charge in [-0.05, 0) is 42.5 Å². The summed E-state index contributed by atoms with van der Waals surface area (Å²) in [6.45, 7) is 7.09. The van der Waals surface area contributed by atoms with Gasteiger partial charge in [0.15, 0.2) is 5.76 Å². The molecule has 2 aliphatic rings. The lowest BCUT2D eigenvalue weighted by molar-refractivity contribution is 0.101. The number of piperidine rings is 1. The van der Waals surface area contributed by atoms with E-state index in [2.05, 4.69) is 24.8 Å². The predicted molar refractivity (Wildman–Crippen MR) is 122 cm³/mol. The highest BCUT2D eigenvalue weighted by Gasteiger charge is 2.33. The number of allylic oxidation sites excluding steroid dienone is 1. The van der Waals surface area contributed by atoms with Gasteiger partial charge >= 0.3 is 0 Å². The van der Waals surface area contributed by atoms with E-state index in [9.17, 15) is 9.90 Å². The van der Waals surface area contributed by atoms with Crippen LogP contribution in [0.5, 0.6) is 11.5 Å². The van der Waals surface area contributed by atoms with Crippen LogP contribution < -0.4 is 4.74 Å². The first kappa shape index (κ1) is 19.9. The number of hydrogen-bond acceptors (Lipinski definition) is 4. The average molecular weight is 417 g/mol. The maximum atomic E-state index is 13.1. The van der Waals surface area contributed by atoms with Crippen LogP contribution in [0.3, 0.4) is 0 Å². The van der Waals surface area contributed by atoms with Crippen molar-refractivity contribution in [2.45, 2.75) is 26.8 Å². The van der Waals surface area contributed by atoms with E-state index in [4.69, 9.17) is 4.74 Å². The minimum Gasteiger partial charge on any atom is -0.507 e. The van der Waals surface area contributed by atoms with Crippen LogP contribution in [0.2, 0.25) is 0 Å². The number of carbonyl (C=O) groups excluding carboxylic acids is 1. The van der Waals surface area contributed by atoms with E-state index in [1.807, 2.05) is 42.1 Å². The molecule has 1 fully saturated rings. The number of fused-ring (bicyclic) bond motifs is 2. The number of phenols is 1. The summed E-state index contributed by atoms with van der Waals surface area (Å²) in [5.74, 6) is 2.09. The molecule has 5 rings (SSSR count). The van der Waals surface area contributed by atoms with Gasteiger partial charge in [0.05, 0.1) is 11.1 Å². The van der Waals surface area contributed by atoms with Crippen molar-refractivity contribution < 1.29 is 14.6 Å². The van der Waals surface area contributed by atoms with E-state index in [0.717, 1.165) is 29.6 Å². The lowest BCUT2D eigenvalue weighted by atomic mass is 9.91. The molecular weight excluding hydrogens is 388 g/mol. The number of ketones is 1. The third kappa shape index (κ3) is 3.53. The second kappa shape index (κ2) is 7.57. The Labute approximate surface area is 182 Å². The average Bonchev–Trinajstić information content (AvgIpc) is 3.21. The van der Waals surface area contributed by atoms with Crippen molar-refractivity contribution in [1.82, 2.24) is 9.47 Å². The van der Waals surface area contributed by atoms with Crippen molar-refractivity contribution in [3.8, 4) is 11.5 Å². The van der Waals surface area contributed by atoms with Crippen LogP contribution in [0.1, 0.15) is 41.8 Å². The first-order valence-corrected chi connectivity index (χ1v) is 11.0. The fourth-order valence-electron chi connectivity index (χ4n) is 5.22. The second-order valence-corrected chi connectivity index (χ2v) is 9.23. The lowest BCUT2D eigenvalue weighted by Crippen LogP contribution is -2.38. The number of benzene rings is 2. The SMILES string of the molecule is CC1CC(C)CN(Cc2c(O)ccc3c2O/C(=C\c2cn(C)c4ccccc24)C3=O)C1. The van der Waals surface area contributed by atoms with Gasteiger partial charge in [-0.2, -0.15) is 0 Å². The lowest BCUT2D eigenvalue weighted by Gasteiger charge is -2.35. The summed E-state index contributed by atoms with van der Waals surface area (Å²) >= 11 is 0. The molecule has 3 heterocycles. The van der Waals surface area contributed by atoms with E-state index in [1.54, 1.807) is 12.1 Å². The van der Waals surface area contributed by atoms with Crippen LogP contribution in [-0.2, 0) is 13.6 Å². The molecule has 1 saturated heterocycles. The quantitative estimate of drug-likeness (QED) is 0.612. The van der Waals surface area contributed by atoms with Gasteiger partial charge in [0.25, 0.3) is 0 Å². The van der Waals surface area contributed by atoms with Crippen LogP contribution in [0, 0.1) is 11.8 Å². The Morgan fingerprint density at radius 2 is 1.87 bits per heavy atom. The van der Waals surface area contributed by atoms with Gasteiger partial charge in [-0.1, -0.05) is 32.0 Å². The molecule has 2 aliphatic heterocycles. The maximum Gasteiger partial charge on any atom is 0.231 e. The number of rotatable bonds is 3. The predicted octanol–water partition coefficient (Wildman–Crippen LogP) is 4.98. The Balaban J connectivity index is 1.49. The molecule has 0 saturated carbocycles. The molecule has 31 heavy (non-hydrogen) atoms. The fraction of sp³-hybridized carbons (Fsp3) is 0.346. The number of aromatic nitrogens is 1. The summed E-state index contributed by atoms with van der Waals surface area (Å²) < 4.78 is 8.15. The first-order chi connectivity index (χ1) is 14.9. The molecule has 0 spiro atoms. The highest BCUT2D eigenvalue weighted by Crippen LogP contribution is 2.41. The molecule has 2 atom stereocenters.